The largest absolute Gasteiger partial charge is 0.462 e. The smallest absolute Gasteiger partial charge is 0.407 e. The summed E-state index contributed by atoms with van der Waals surface area (Å²) in [7, 11) is 0. The average Bonchev–Trinajstić information content (AvgIpc) is 2.86. The second kappa shape index (κ2) is 16.9. The number of aliphatic hydroxyl groups is 1. The maximum Gasteiger partial charge on any atom is 0.407 e. The van der Waals surface area contributed by atoms with Crippen LogP contribution in [-0.2, 0) is 26.1 Å². The second-order valence-corrected chi connectivity index (χ2v) is 13.9. The molecule has 0 aliphatic carbocycles. The lowest BCUT2D eigenvalue weighted by atomic mass is 9.79. The molecule has 2 amide bonds. The average molecular weight is 591 g/mol. The molecule has 0 aromatic heterocycles. The summed E-state index contributed by atoms with van der Waals surface area (Å²) in [5, 5.41) is 17.2. The lowest BCUT2D eigenvalue weighted by Gasteiger charge is -2.32. The third kappa shape index (κ3) is 13.1. The van der Waals surface area contributed by atoms with Gasteiger partial charge in [-0.05, 0) is 87.8 Å². The van der Waals surface area contributed by atoms with Crippen LogP contribution < -0.4 is 10.6 Å². The summed E-state index contributed by atoms with van der Waals surface area (Å²) in [6.07, 6.45) is 1.47. The number of ether oxygens (including phenoxy) is 2. The quantitative estimate of drug-likeness (QED) is 0.157. The number of esters is 1. The number of aliphatic hydroxyl groups excluding tert-OH is 1. The first kappa shape index (κ1) is 37.4. The van der Waals surface area contributed by atoms with Gasteiger partial charge in [-0.2, -0.15) is 0 Å². The van der Waals surface area contributed by atoms with Gasteiger partial charge in [0.25, 0.3) is 0 Å². The van der Waals surface area contributed by atoms with Gasteiger partial charge in [0.2, 0.25) is 5.91 Å². The summed E-state index contributed by atoms with van der Waals surface area (Å²) in [5.74, 6) is -0.726. The van der Waals surface area contributed by atoms with E-state index in [0.29, 0.717) is 24.9 Å². The van der Waals surface area contributed by atoms with E-state index in [2.05, 4.69) is 58.2 Å². The molecule has 0 aliphatic rings. The van der Waals surface area contributed by atoms with Gasteiger partial charge in [-0.25, -0.2) is 9.59 Å². The molecule has 1 aromatic rings. The highest BCUT2D eigenvalue weighted by molar-refractivity contribution is 5.91. The van der Waals surface area contributed by atoms with Gasteiger partial charge in [0.1, 0.15) is 5.60 Å². The van der Waals surface area contributed by atoms with Gasteiger partial charge in [0.05, 0.1) is 24.3 Å². The molecule has 0 saturated carbocycles. The van der Waals surface area contributed by atoms with Crippen LogP contribution in [-0.4, -0.2) is 54.0 Å². The first-order chi connectivity index (χ1) is 19.4. The Balaban J connectivity index is 3.32. The van der Waals surface area contributed by atoms with Crippen molar-refractivity contribution >= 4 is 18.0 Å². The van der Waals surface area contributed by atoms with Crippen molar-refractivity contribution in [2.24, 2.45) is 17.8 Å². The highest BCUT2D eigenvalue weighted by Crippen LogP contribution is 2.30. The number of carbonyl (C=O) groups is 3. The van der Waals surface area contributed by atoms with Crippen LogP contribution in [0, 0.1) is 17.8 Å². The van der Waals surface area contributed by atoms with Gasteiger partial charge in [0, 0.05) is 12.5 Å². The molecule has 0 fully saturated rings. The number of rotatable bonds is 15. The summed E-state index contributed by atoms with van der Waals surface area (Å²) >= 11 is 0. The predicted octanol–water partition coefficient (Wildman–Crippen LogP) is 6.56. The first-order valence-electron chi connectivity index (χ1n) is 15.6. The number of unbranched alkanes of at least 4 members (excludes halogenated alkanes) is 1. The standard InChI is InChI=1S/C34H58N2O6/c1-12-14-17-35-30(38)23(5)18-29(37)28(36-32(40)42-34(9,10)11)20-25(22(3)4)19-24-15-16-26(33(6,7)8)21-27(24)31(39)41-13-2/h15-16,21-23,25,28-29,37H,12-14,17-20H2,1-11H3,(H,35,38)(H,36,40)/t23?,25-,28-,29-/m0/s1. The summed E-state index contributed by atoms with van der Waals surface area (Å²) < 4.78 is 10.9. The Bertz CT molecular complexity index is 1010. The third-order valence-corrected chi connectivity index (χ3v) is 7.49. The second-order valence-electron chi connectivity index (χ2n) is 13.9. The first-order valence-corrected chi connectivity index (χ1v) is 15.6. The third-order valence-electron chi connectivity index (χ3n) is 7.49. The zero-order valence-electron chi connectivity index (χ0n) is 28.1. The molecule has 0 bridgehead atoms. The van der Waals surface area contributed by atoms with E-state index in [1.165, 1.54) is 0 Å². The van der Waals surface area contributed by atoms with Crippen LogP contribution in [0.15, 0.2) is 18.2 Å². The monoisotopic (exact) mass is 590 g/mol. The van der Waals surface area contributed by atoms with Gasteiger partial charge in [-0.15, -0.1) is 0 Å². The number of amides is 2. The van der Waals surface area contributed by atoms with Gasteiger partial charge >= 0.3 is 12.1 Å². The molecule has 3 N–H and O–H groups in total. The minimum atomic E-state index is -0.974. The molecule has 42 heavy (non-hydrogen) atoms. The summed E-state index contributed by atoms with van der Waals surface area (Å²) in [6.45, 7) is 22.4. The van der Waals surface area contributed by atoms with Crippen LogP contribution in [0.1, 0.15) is 123 Å². The molecule has 240 valence electrons. The zero-order chi connectivity index (χ0) is 32.3. The van der Waals surface area contributed by atoms with Crippen molar-refractivity contribution in [2.75, 3.05) is 13.2 Å². The lowest BCUT2D eigenvalue weighted by Crippen LogP contribution is -2.48. The highest BCUT2D eigenvalue weighted by Gasteiger charge is 2.32. The summed E-state index contributed by atoms with van der Waals surface area (Å²) in [6, 6.07) is 5.32. The number of alkyl carbamates (subject to hydrolysis) is 1. The molecule has 8 heteroatoms. The van der Waals surface area contributed by atoms with Crippen LogP contribution in [0.2, 0.25) is 0 Å². The number of hydrogen-bond donors (Lipinski definition) is 3. The van der Waals surface area contributed by atoms with Crippen LogP contribution in [0.5, 0.6) is 0 Å². The Kier molecular flexibility index (Phi) is 15.0. The minimum Gasteiger partial charge on any atom is -0.462 e. The van der Waals surface area contributed by atoms with Gasteiger partial charge in [0.15, 0.2) is 0 Å². The molecule has 0 aliphatic heterocycles. The maximum absolute atomic E-state index is 13.0. The SMILES string of the molecule is CCCCNC(=O)C(C)C[C@H](O)[C@H](C[C@H](Cc1ccc(C(C)(C)C)cc1C(=O)OCC)C(C)C)NC(=O)OC(C)(C)C. The maximum atomic E-state index is 13.0. The van der Waals surface area contributed by atoms with Gasteiger partial charge in [-0.1, -0.05) is 67.0 Å². The van der Waals surface area contributed by atoms with E-state index in [4.69, 9.17) is 9.47 Å². The Labute approximate surface area is 254 Å². The van der Waals surface area contributed by atoms with Crippen molar-refractivity contribution in [3.8, 4) is 0 Å². The van der Waals surface area contributed by atoms with Crippen molar-refractivity contribution in [3.63, 3.8) is 0 Å². The van der Waals surface area contributed by atoms with E-state index in [0.717, 1.165) is 24.0 Å². The van der Waals surface area contributed by atoms with E-state index in [9.17, 15) is 19.5 Å². The molecule has 0 heterocycles. The molecule has 4 atom stereocenters. The van der Waals surface area contributed by atoms with E-state index < -0.39 is 29.8 Å². The number of carbonyl (C=O) groups excluding carboxylic acids is 3. The molecular formula is C34H58N2O6. The fourth-order valence-electron chi connectivity index (χ4n) is 4.79. The molecule has 0 saturated heterocycles. The fraction of sp³-hybridized carbons (Fsp3) is 0.735. The van der Waals surface area contributed by atoms with Crippen LogP contribution in [0.25, 0.3) is 0 Å². The number of nitrogens with one attached hydrogen (secondary N) is 2. The predicted molar refractivity (Wildman–Crippen MR) is 169 cm³/mol. The molecule has 1 rings (SSSR count). The van der Waals surface area contributed by atoms with E-state index in [-0.39, 0.29) is 42.2 Å². The van der Waals surface area contributed by atoms with Crippen molar-refractivity contribution in [1.29, 1.82) is 0 Å². The molecule has 1 unspecified atom stereocenters. The normalized spacial score (nSPS) is 15.0. The van der Waals surface area contributed by atoms with Gasteiger partial charge < -0.3 is 25.2 Å². The van der Waals surface area contributed by atoms with Gasteiger partial charge in [-0.3, -0.25) is 4.79 Å². The molecule has 0 spiro atoms. The van der Waals surface area contributed by atoms with Crippen molar-refractivity contribution < 1.29 is 29.0 Å². The van der Waals surface area contributed by atoms with Crippen LogP contribution >= 0.6 is 0 Å². The highest BCUT2D eigenvalue weighted by atomic mass is 16.6. The van der Waals surface area contributed by atoms with E-state index in [1.54, 1.807) is 34.6 Å². The Morgan fingerprint density at radius 1 is 0.976 bits per heavy atom. The van der Waals surface area contributed by atoms with Crippen LogP contribution in [0.4, 0.5) is 4.79 Å². The Hall–Kier alpha value is -2.61. The zero-order valence-corrected chi connectivity index (χ0v) is 28.1. The lowest BCUT2D eigenvalue weighted by molar-refractivity contribution is -0.125. The van der Waals surface area contributed by atoms with Crippen molar-refractivity contribution in [2.45, 2.75) is 131 Å². The summed E-state index contributed by atoms with van der Waals surface area (Å²) in [4.78, 5) is 38.5. The van der Waals surface area contributed by atoms with Crippen LogP contribution in [0.3, 0.4) is 0 Å². The van der Waals surface area contributed by atoms with E-state index >= 15 is 0 Å². The topological polar surface area (TPSA) is 114 Å². The molecule has 0 radical (unpaired) electrons. The number of hydrogen-bond acceptors (Lipinski definition) is 6. The fourth-order valence-corrected chi connectivity index (χ4v) is 4.79. The van der Waals surface area contributed by atoms with Crippen molar-refractivity contribution in [1.82, 2.24) is 10.6 Å². The summed E-state index contributed by atoms with van der Waals surface area (Å²) in [5.41, 5.74) is 1.62. The molecule has 8 nitrogen and oxygen atoms in total. The Morgan fingerprint density at radius 3 is 2.14 bits per heavy atom. The van der Waals surface area contributed by atoms with Crippen molar-refractivity contribution in [3.05, 3.63) is 34.9 Å². The molecule has 1 aromatic carbocycles. The molecular weight excluding hydrogens is 532 g/mol. The minimum absolute atomic E-state index is 0.00179. The Morgan fingerprint density at radius 2 is 1.62 bits per heavy atom. The number of benzene rings is 1. The van der Waals surface area contributed by atoms with E-state index in [1.807, 2.05) is 12.1 Å².